The number of aryl methyl sites for hydroxylation is 1. The molecular weight excluding hydrogens is 503 g/mol. The maximum atomic E-state index is 13.6. The maximum Gasteiger partial charge on any atom is 0.322 e. The third kappa shape index (κ3) is 4.29. The molecule has 39 heavy (non-hydrogen) atoms. The van der Waals surface area contributed by atoms with Crippen molar-refractivity contribution in [1.29, 1.82) is 0 Å². The molecule has 4 aromatic rings. The summed E-state index contributed by atoms with van der Waals surface area (Å²) in [5.41, 5.74) is 2.48. The highest BCUT2D eigenvalue weighted by Crippen LogP contribution is 2.33. The van der Waals surface area contributed by atoms with Crippen LogP contribution in [0, 0.1) is 12.7 Å². The van der Waals surface area contributed by atoms with Crippen molar-refractivity contribution in [3.8, 4) is 17.0 Å². The highest BCUT2D eigenvalue weighted by atomic mass is 19.1. The molecule has 0 radical (unpaired) electrons. The fourth-order valence-corrected chi connectivity index (χ4v) is 5.03. The van der Waals surface area contributed by atoms with Gasteiger partial charge in [0.1, 0.15) is 29.6 Å². The Morgan fingerprint density at radius 2 is 1.82 bits per heavy atom. The van der Waals surface area contributed by atoms with Gasteiger partial charge in [0.15, 0.2) is 5.54 Å². The molecule has 2 aliphatic heterocycles. The van der Waals surface area contributed by atoms with Crippen LogP contribution in [0.3, 0.4) is 0 Å². The molecule has 0 spiro atoms. The van der Waals surface area contributed by atoms with E-state index in [0.29, 0.717) is 28.3 Å². The Kier molecular flexibility index (Phi) is 5.86. The summed E-state index contributed by atoms with van der Waals surface area (Å²) in [6.45, 7) is 2.13. The molecule has 0 aliphatic carbocycles. The number of nitrogens with zero attached hydrogens (tertiary/aromatic N) is 2. The zero-order valence-electron chi connectivity index (χ0n) is 20.9. The lowest BCUT2D eigenvalue weighted by molar-refractivity contribution is -0.124. The van der Waals surface area contributed by atoms with E-state index in [1.807, 2.05) is 37.3 Å². The summed E-state index contributed by atoms with van der Waals surface area (Å²) in [4.78, 5) is 39.7. The number of imide groups is 1. The number of hydrogen-bond acceptors (Lipinski definition) is 6. The second-order valence-corrected chi connectivity index (χ2v) is 9.52. The molecule has 2 N–H and O–H groups in total. The molecule has 6 rings (SSSR count). The number of urea groups is 1. The Bertz CT molecular complexity index is 1600. The number of amides is 4. The molecule has 1 atom stereocenters. The van der Waals surface area contributed by atoms with Crippen molar-refractivity contribution in [2.45, 2.75) is 25.6 Å². The molecule has 3 aromatic carbocycles. The summed E-state index contributed by atoms with van der Waals surface area (Å²) >= 11 is 0. The van der Waals surface area contributed by atoms with E-state index < -0.39 is 23.3 Å². The van der Waals surface area contributed by atoms with Crippen LogP contribution in [0.5, 0.6) is 5.75 Å². The average Bonchev–Trinajstić information content (AvgIpc) is 3.55. The highest BCUT2D eigenvalue weighted by Gasteiger charge is 2.50. The molecular formula is C29H23FN4O5. The van der Waals surface area contributed by atoms with E-state index in [1.165, 1.54) is 29.2 Å². The first-order chi connectivity index (χ1) is 18.8. The number of ether oxygens (including phenoxy) is 1. The van der Waals surface area contributed by atoms with Crippen LogP contribution >= 0.6 is 0 Å². The summed E-state index contributed by atoms with van der Waals surface area (Å²) in [6, 6.07) is 19.4. The molecule has 3 heterocycles. The number of halogens is 1. The number of hydrogen-bond donors (Lipinski definition) is 2. The van der Waals surface area contributed by atoms with Crippen LogP contribution in [-0.2, 0) is 23.5 Å². The van der Waals surface area contributed by atoms with Gasteiger partial charge in [0.05, 0.1) is 12.1 Å². The van der Waals surface area contributed by atoms with Crippen molar-refractivity contribution >= 4 is 17.8 Å². The van der Waals surface area contributed by atoms with Gasteiger partial charge in [-0.05, 0) is 48.4 Å². The fraction of sp³-hybridized carbons (Fsp3) is 0.172. The summed E-state index contributed by atoms with van der Waals surface area (Å²) in [6.07, 6.45) is 0. The fourth-order valence-electron chi connectivity index (χ4n) is 5.03. The predicted molar refractivity (Wildman–Crippen MR) is 137 cm³/mol. The molecule has 1 fully saturated rings. The summed E-state index contributed by atoms with van der Waals surface area (Å²) in [5.74, 6) is -0.158. The molecule has 1 unspecified atom stereocenters. The van der Waals surface area contributed by atoms with Crippen molar-refractivity contribution in [3.63, 3.8) is 0 Å². The maximum absolute atomic E-state index is 13.6. The van der Waals surface area contributed by atoms with E-state index in [-0.39, 0.29) is 25.6 Å². The van der Waals surface area contributed by atoms with Crippen LogP contribution in [0.2, 0.25) is 0 Å². The van der Waals surface area contributed by atoms with Crippen LogP contribution < -0.4 is 15.4 Å². The van der Waals surface area contributed by atoms with Crippen molar-refractivity contribution in [1.82, 2.24) is 20.7 Å². The Labute approximate surface area is 222 Å². The van der Waals surface area contributed by atoms with Gasteiger partial charge in [-0.1, -0.05) is 47.6 Å². The number of nitrogens with one attached hydrogen (secondary N) is 2. The molecule has 2 aliphatic rings. The van der Waals surface area contributed by atoms with Crippen molar-refractivity contribution < 1.29 is 28.0 Å². The van der Waals surface area contributed by atoms with Gasteiger partial charge in [-0.2, -0.15) is 0 Å². The summed E-state index contributed by atoms with van der Waals surface area (Å²) in [7, 11) is 0. The van der Waals surface area contributed by atoms with Gasteiger partial charge in [-0.3, -0.25) is 14.9 Å². The van der Waals surface area contributed by atoms with Gasteiger partial charge >= 0.3 is 6.03 Å². The lowest BCUT2D eigenvalue weighted by atomic mass is 9.89. The Morgan fingerprint density at radius 1 is 1.05 bits per heavy atom. The van der Waals surface area contributed by atoms with Gasteiger partial charge in [0.2, 0.25) is 0 Å². The van der Waals surface area contributed by atoms with E-state index in [0.717, 1.165) is 16.7 Å². The second kappa shape index (κ2) is 9.39. The first kappa shape index (κ1) is 24.4. The monoisotopic (exact) mass is 526 g/mol. The third-order valence-corrected chi connectivity index (χ3v) is 7.08. The minimum Gasteiger partial charge on any atom is -0.489 e. The van der Waals surface area contributed by atoms with E-state index in [2.05, 4.69) is 15.8 Å². The van der Waals surface area contributed by atoms with E-state index in [4.69, 9.17) is 9.26 Å². The summed E-state index contributed by atoms with van der Waals surface area (Å²) < 4.78 is 25.0. The number of carbonyl (C=O) groups excluding carboxylic acids is 3. The number of fused-ring (bicyclic) bond motifs is 1. The zero-order valence-corrected chi connectivity index (χ0v) is 20.9. The second-order valence-electron chi connectivity index (χ2n) is 9.52. The standard InChI is InChI=1S/C29H23FN4O5/c1-17-24(25(33-39-17)18-5-3-2-4-6-18)15-38-22-11-12-23-19(13-22)14-34(26(23)35)16-29(27(36)31-28(37)32-29)20-7-9-21(30)10-8-20/h2-13H,14-16H2,1H3,(H2,31,32,36,37). The van der Waals surface area contributed by atoms with Crippen LogP contribution in [0.1, 0.15) is 32.8 Å². The van der Waals surface area contributed by atoms with Crippen LogP contribution in [0.25, 0.3) is 11.3 Å². The predicted octanol–water partition coefficient (Wildman–Crippen LogP) is 4.06. The lowest BCUT2D eigenvalue weighted by Crippen LogP contribution is -2.52. The normalized spacial score (nSPS) is 18.2. The zero-order chi connectivity index (χ0) is 27.1. The van der Waals surface area contributed by atoms with Crippen LogP contribution in [0.4, 0.5) is 9.18 Å². The van der Waals surface area contributed by atoms with Gasteiger partial charge in [-0.25, -0.2) is 9.18 Å². The van der Waals surface area contributed by atoms with E-state index in [9.17, 15) is 18.8 Å². The molecule has 1 saturated heterocycles. The van der Waals surface area contributed by atoms with E-state index in [1.54, 1.807) is 18.2 Å². The van der Waals surface area contributed by atoms with E-state index >= 15 is 0 Å². The van der Waals surface area contributed by atoms with Crippen molar-refractivity contribution in [2.24, 2.45) is 0 Å². The van der Waals surface area contributed by atoms with Crippen molar-refractivity contribution in [3.05, 3.63) is 107 Å². The summed E-state index contributed by atoms with van der Waals surface area (Å²) in [5, 5.41) is 9.06. The van der Waals surface area contributed by atoms with Crippen LogP contribution in [-0.4, -0.2) is 34.4 Å². The number of carbonyl (C=O) groups is 3. The molecule has 10 heteroatoms. The molecule has 0 saturated carbocycles. The molecule has 196 valence electrons. The minimum atomic E-state index is -1.54. The van der Waals surface area contributed by atoms with Gasteiger partial charge < -0.3 is 19.5 Å². The van der Waals surface area contributed by atoms with Gasteiger partial charge in [-0.15, -0.1) is 0 Å². The first-order valence-corrected chi connectivity index (χ1v) is 12.3. The average molecular weight is 527 g/mol. The molecule has 0 bridgehead atoms. The molecule has 4 amide bonds. The first-order valence-electron chi connectivity index (χ1n) is 12.3. The molecule has 1 aromatic heterocycles. The van der Waals surface area contributed by atoms with Crippen LogP contribution in [0.15, 0.2) is 77.3 Å². The van der Waals surface area contributed by atoms with Gasteiger partial charge in [0.25, 0.3) is 11.8 Å². The lowest BCUT2D eigenvalue weighted by Gasteiger charge is -2.31. The SMILES string of the molecule is Cc1onc(-c2ccccc2)c1COc1ccc2c(c1)CN(CC1(c3ccc(F)cc3)NC(=O)NC1=O)C2=O. The smallest absolute Gasteiger partial charge is 0.322 e. The Morgan fingerprint density at radius 3 is 2.54 bits per heavy atom. The molecule has 9 nitrogen and oxygen atoms in total. The quantitative estimate of drug-likeness (QED) is 0.351. The topological polar surface area (TPSA) is 114 Å². The number of benzene rings is 3. The Hall–Kier alpha value is -4.99. The number of aromatic nitrogens is 1. The highest BCUT2D eigenvalue weighted by molar-refractivity contribution is 6.08. The number of rotatable bonds is 7. The van der Waals surface area contributed by atoms with Gasteiger partial charge in [0, 0.05) is 17.7 Å². The third-order valence-electron chi connectivity index (χ3n) is 7.08. The minimum absolute atomic E-state index is 0.125. The van der Waals surface area contributed by atoms with Crippen molar-refractivity contribution in [2.75, 3.05) is 6.54 Å². The Balaban J connectivity index is 1.22. The largest absolute Gasteiger partial charge is 0.489 e.